The van der Waals surface area contributed by atoms with Crippen molar-refractivity contribution >= 4 is 5.69 Å². The maximum atomic E-state index is 5.82. The van der Waals surface area contributed by atoms with Crippen molar-refractivity contribution in [3.63, 3.8) is 0 Å². The van der Waals surface area contributed by atoms with Crippen LogP contribution in [0, 0.1) is 0 Å². The molecule has 3 nitrogen and oxygen atoms in total. The molecule has 0 saturated heterocycles. The zero-order valence-corrected chi connectivity index (χ0v) is 7.67. The number of benzene rings is 1. The summed E-state index contributed by atoms with van der Waals surface area (Å²) in [4.78, 5) is 0. The van der Waals surface area contributed by atoms with Crippen molar-refractivity contribution in [2.75, 3.05) is 18.9 Å². The molecule has 13 heavy (non-hydrogen) atoms. The molecule has 0 aliphatic carbocycles. The van der Waals surface area contributed by atoms with Gasteiger partial charge < -0.3 is 15.2 Å². The van der Waals surface area contributed by atoms with Crippen molar-refractivity contribution in [2.45, 2.75) is 13.3 Å². The molecule has 1 aliphatic heterocycles. The van der Waals surface area contributed by atoms with Gasteiger partial charge in [0.15, 0.2) is 11.5 Å². The topological polar surface area (TPSA) is 44.5 Å². The van der Waals surface area contributed by atoms with Gasteiger partial charge in [-0.2, -0.15) is 0 Å². The van der Waals surface area contributed by atoms with E-state index in [-0.39, 0.29) is 0 Å². The Morgan fingerprint density at radius 3 is 2.46 bits per heavy atom. The van der Waals surface area contributed by atoms with Gasteiger partial charge in [-0.05, 0) is 18.1 Å². The predicted molar refractivity (Wildman–Crippen MR) is 51.2 cm³/mol. The first kappa shape index (κ1) is 8.23. The fourth-order valence-electron chi connectivity index (χ4n) is 1.45. The summed E-state index contributed by atoms with van der Waals surface area (Å²) in [6.45, 7) is 3.31. The number of ether oxygens (including phenoxy) is 2. The molecule has 70 valence electrons. The summed E-state index contributed by atoms with van der Waals surface area (Å²) in [5.74, 6) is 1.58. The zero-order chi connectivity index (χ0) is 9.26. The monoisotopic (exact) mass is 179 g/mol. The molecule has 0 fully saturated rings. The minimum atomic E-state index is 0.609. The van der Waals surface area contributed by atoms with Crippen LogP contribution in [0.5, 0.6) is 11.5 Å². The average Bonchev–Trinajstić information content (AvgIpc) is 2.17. The SMILES string of the molecule is CCc1cc2c(cc1N)OCCO2. The van der Waals surface area contributed by atoms with Crippen LogP contribution in [0.1, 0.15) is 12.5 Å². The summed E-state index contributed by atoms with van der Waals surface area (Å²) in [5.41, 5.74) is 7.72. The maximum absolute atomic E-state index is 5.82. The lowest BCUT2D eigenvalue weighted by molar-refractivity contribution is 0.171. The molecule has 0 amide bonds. The Kier molecular flexibility index (Phi) is 2.00. The third-order valence-electron chi connectivity index (χ3n) is 2.18. The molecule has 0 bridgehead atoms. The second-order valence-corrected chi connectivity index (χ2v) is 3.05. The van der Waals surface area contributed by atoms with E-state index < -0.39 is 0 Å². The number of nitrogens with two attached hydrogens (primary N) is 1. The third kappa shape index (κ3) is 1.41. The van der Waals surface area contributed by atoms with Crippen LogP contribution in [0.4, 0.5) is 5.69 Å². The van der Waals surface area contributed by atoms with E-state index in [1.54, 1.807) is 0 Å². The molecule has 0 atom stereocenters. The molecule has 0 radical (unpaired) electrons. The minimum Gasteiger partial charge on any atom is -0.486 e. The first-order chi connectivity index (χ1) is 6.31. The Hall–Kier alpha value is -1.38. The summed E-state index contributed by atoms with van der Waals surface area (Å²) in [7, 11) is 0. The third-order valence-corrected chi connectivity index (χ3v) is 2.18. The van der Waals surface area contributed by atoms with Crippen LogP contribution in [0.15, 0.2) is 12.1 Å². The zero-order valence-electron chi connectivity index (χ0n) is 7.67. The van der Waals surface area contributed by atoms with E-state index in [4.69, 9.17) is 15.2 Å². The van der Waals surface area contributed by atoms with Gasteiger partial charge in [0.1, 0.15) is 13.2 Å². The highest BCUT2D eigenvalue weighted by molar-refractivity contribution is 5.58. The number of hydrogen-bond donors (Lipinski definition) is 1. The van der Waals surface area contributed by atoms with Gasteiger partial charge in [0.2, 0.25) is 0 Å². The van der Waals surface area contributed by atoms with E-state index in [1.807, 2.05) is 12.1 Å². The fraction of sp³-hybridized carbons (Fsp3) is 0.400. The summed E-state index contributed by atoms with van der Waals surface area (Å²) in [6, 6.07) is 3.80. The summed E-state index contributed by atoms with van der Waals surface area (Å²) in [5, 5.41) is 0. The minimum absolute atomic E-state index is 0.609. The number of fused-ring (bicyclic) bond motifs is 1. The van der Waals surface area contributed by atoms with Gasteiger partial charge in [-0.1, -0.05) is 6.92 Å². The highest BCUT2D eigenvalue weighted by Gasteiger charge is 2.13. The van der Waals surface area contributed by atoms with Crippen molar-refractivity contribution in [3.8, 4) is 11.5 Å². The van der Waals surface area contributed by atoms with Crippen molar-refractivity contribution in [1.29, 1.82) is 0 Å². The number of nitrogen functional groups attached to an aromatic ring is 1. The van der Waals surface area contributed by atoms with Crippen molar-refractivity contribution in [2.24, 2.45) is 0 Å². The summed E-state index contributed by atoms with van der Waals surface area (Å²) >= 11 is 0. The van der Waals surface area contributed by atoms with Gasteiger partial charge in [-0.25, -0.2) is 0 Å². The molecular weight excluding hydrogens is 166 g/mol. The fourth-order valence-corrected chi connectivity index (χ4v) is 1.45. The molecule has 2 N–H and O–H groups in total. The lowest BCUT2D eigenvalue weighted by Gasteiger charge is -2.19. The van der Waals surface area contributed by atoms with Gasteiger partial charge in [0.25, 0.3) is 0 Å². The Balaban J connectivity index is 2.44. The number of anilines is 1. The van der Waals surface area contributed by atoms with Crippen LogP contribution in [0.25, 0.3) is 0 Å². The normalized spacial score (nSPS) is 14.2. The molecule has 0 aromatic heterocycles. The average molecular weight is 179 g/mol. The van der Waals surface area contributed by atoms with E-state index >= 15 is 0 Å². The summed E-state index contributed by atoms with van der Waals surface area (Å²) < 4.78 is 10.8. The summed E-state index contributed by atoms with van der Waals surface area (Å²) in [6.07, 6.45) is 0.919. The van der Waals surface area contributed by atoms with Crippen LogP contribution in [0.2, 0.25) is 0 Å². The lowest BCUT2D eigenvalue weighted by Crippen LogP contribution is -2.15. The molecule has 3 heteroatoms. The van der Waals surface area contributed by atoms with Gasteiger partial charge in [-0.3, -0.25) is 0 Å². The van der Waals surface area contributed by atoms with E-state index in [0.29, 0.717) is 13.2 Å². The quantitative estimate of drug-likeness (QED) is 0.666. The molecule has 0 unspecified atom stereocenters. The first-order valence-corrected chi connectivity index (χ1v) is 4.49. The standard InChI is InChI=1S/C10H13NO2/c1-2-7-5-9-10(6-8(7)11)13-4-3-12-9/h5-6H,2-4,11H2,1H3. The number of hydrogen-bond acceptors (Lipinski definition) is 3. The Morgan fingerprint density at radius 1 is 1.23 bits per heavy atom. The highest BCUT2D eigenvalue weighted by Crippen LogP contribution is 2.34. The van der Waals surface area contributed by atoms with E-state index in [1.165, 1.54) is 0 Å². The van der Waals surface area contributed by atoms with Crippen LogP contribution < -0.4 is 15.2 Å². The van der Waals surface area contributed by atoms with E-state index in [0.717, 1.165) is 29.2 Å². The Morgan fingerprint density at radius 2 is 1.85 bits per heavy atom. The van der Waals surface area contributed by atoms with Crippen LogP contribution in [-0.4, -0.2) is 13.2 Å². The molecule has 1 aliphatic rings. The molecule has 0 spiro atoms. The largest absolute Gasteiger partial charge is 0.486 e. The molecule has 1 aromatic rings. The molecule has 1 aromatic carbocycles. The maximum Gasteiger partial charge on any atom is 0.163 e. The molecule has 0 saturated carbocycles. The molecule has 2 rings (SSSR count). The van der Waals surface area contributed by atoms with Gasteiger partial charge in [0, 0.05) is 11.8 Å². The van der Waals surface area contributed by atoms with Crippen LogP contribution >= 0.6 is 0 Å². The smallest absolute Gasteiger partial charge is 0.163 e. The highest BCUT2D eigenvalue weighted by atomic mass is 16.6. The second-order valence-electron chi connectivity index (χ2n) is 3.05. The van der Waals surface area contributed by atoms with Crippen LogP contribution in [-0.2, 0) is 6.42 Å². The predicted octanol–water partition coefficient (Wildman–Crippen LogP) is 1.60. The van der Waals surface area contributed by atoms with Gasteiger partial charge in [0.05, 0.1) is 0 Å². The Labute approximate surface area is 77.5 Å². The van der Waals surface area contributed by atoms with Crippen molar-refractivity contribution < 1.29 is 9.47 Å². The van der Waals surface area contributed by atoms with Crippen molar-refractivity contribution in [3.05, 3.63) is 17.7 Å². The van der Waals surface area contributed by atoms with Gasteiger partial charge >= 0.3 is 0 Å². The Bertz CT molecular complexity index is 323. The van der Waals surface area contributed by atoms with E-state index in [2.05, 4.69) is 6.92 Å². The van der Waals surface area contributed by atoms with Gasteiger partial charge in [-0.15, -0.1) is 0 Å². The lowest BCUT2D eigenvalue weighted by atomic mass is 10.1. The number of rotatable bonds is 1. The molecule has 1 heterocycles. The molecular formula is C10H13NO2. The first-order valence-electron chi connectivity index (χ1n) is 4.49. The van der Waals surface area contributed by atoms with Crippen molar-refractivity contribution in [1.82, 2.24) is 0 Å². The number of aryl methyl sites for hydroxylation is 1. The second kappa shape index (κ2) is 3.17. The van der Waals surface area contributed by atoms with Crippen LogP contribution in [0.3, 0.4) is 0 Å². The van der Waals surface area contributed by atoms with E-state index in [9.17, 15) is 0 Å².